The maximum atomic E-state index is 7.68. The fourth-order valence-electron chi connectivity index (χ4n) is 4.94. The molecule has 0 aliphatic heterocycles. The molecule has 4 nitrogen and oxygen atoms in total. The Morgan fingerprint density at radius 3 is 2.44 bits per heavy atom. The van der Waals surface area contributed by atoms with Crippen molar-refractivity contribution < 1.29 is 8.53 Å². The van der Waals surface area contributed by atoms with Crippen molar-refractivity contribution in [2.45, 2.75) is 13.4 Å². The van der Waals surface area contributed by atoms with Gasteiger partial charge in [-0.25, -0.2) is 4.98 Å². The number of aromatic nitrogens is 3. The highest BCUT2D eigenvalue weighted by molar-refractivity contribution is 6.12. The molecule has 7 rings (SSSR count). The highest BCUT2D eigenvalue weighted by atomic mass is 16.3. The molecule has 0 radical (unpaired) electrons. The summed E-state index contributed by atoms with van der Waals surface area (Å²) in [7, 11) is 0. The van der Waals surface area contributed by atoms with Crippen LogP contribution in [-0.4, -0.2) is 14.5 Å². The molecule has 7 aromatic rings. The highest BCUT2D eigenvalue weighted by Crippen LogP contribution is 2.39. The third-order valence-corrected chi connectivity index (χ3v) is 6.65. The summed E-state index contributed by atoms with van der Waals surface area (Å²) in [6.07, 6.45) is 1.77. The molecule has 0 saturated carbocycles. The summed E-state index contributed by atoms with van der Waals surface area (Å²) in [4.78, 5) is 9.67. The van der Waals surface area contributed by atoms with E-state index in [1.54, 1.807) is 30.5 Å². The summed E-state index contributed by atoms with van der Waals surface area (Å²) in [6, 6.07) is 33.4. The van der Waals surface area contributed by atoms with E-state index in [9.17, 15) is 0 Å². The number of rotatable bonds is 4. The minimum Gasteiger partial charge on any atom is -0.453 e. The van der Waals surface area contributed by atoms with E-state index in [0.29, 0.717) is 23.4 Å². The molecule has 4 heteroatoms. The largest absolute Gasteiger partial charge is 0.453 e. The Bertz CT molecular complexity index is 1970. The Morgan fingerprint density at radius 2 is 1.58 bits per heavy atom. The molecule has 3 heterocycles. The van der Waals surface area contributed by atoms with Crippen LogP contribution in [0.3, 0.4) is 0 Å². The van der Waals surface area contributed by atoms with Crippen molar-refractivity contribution in [3.05, 3.63) is 120 Å². The van der Waals surface area contributed by atoms with Gasteiger partial charge in [0.05, 0.1) is 16.6 Å². The van der Waals surface area contributed by atoms with E-state index >= 15 is 0 Å². The van der Waals surface area contributed by atoms with Crippen molar-refractivity contribution in [3.63, 3.8) is 0 Å². The number of benzene rings is 4. The van der Waals surface area contributed by atoms with Crippen molar-refractivity contribution >= 4 is 33.0 Å². The third-order valence-electron chi connectivity index (χ3n) is 6.65. The van der Waals surface area contributed by atoms with Gasteiger partial charge in [0.1, 0.15) is 17.1 Å². The van der Waals surface area contributed by atoms with Crippen LogP contribution in [-0.2, 0) is 6.54 Å². The molecule has 36 heavy (non-hydrogen) atoms. The lowest BCUT2D eigenvalue weighted by Gasteiger charge is -2.10. The Hall–Kier alpha value is -4.70. The quantitative estimate of drug-likeness (QED) is 0.263. The second kappa shape index (κ2) is 8.21. The Kier molecular flexibility index (Phi) is 4.03. The summed E-state index contributed by atoms with van der Waals surface area (Å²) < 4.78 is 31.9. The minimum absolute atomic E-state index is 0.294. The fourth-order valence-corrected chi connectivity index (χ4v) is 4.94. The van der Waals surface area contributed by atoms with Crippen LogP contribution in [0.1, 0.15) is 15.2 Å². The molecule has 172 valence electrons. The van der Waals surface area contributed by atoms with Gasteiger partial charge in [-0.2, -0.15) is 0 Å². The molecule has 0 bridgehead atoms. The Balaban J connectivity index is 1.43. The van der Waals surface area contributed by atoms with E-state index < -0.39 is 6.85 Å². The van der Waals surface area contributed by atoms with Crippen LogP contribution in [0.5, 0.6) is 0 Å². The zero-order valence-corrected chi connectivity index (χ0v) is 19.3. The van der Waals surface area contributed by atoms with E-state index in [0.717, 1.165) is 44.3 Å². The van der Waals surface area contributed by atoms with Gasteiger partial charge in [-0.1, -0.05) is 84.4 Å². The average molecular weight is 469 g/mol. The summed E-state index contributed by atoms with van der Waals surface area (Å²) >= 11 is 0. The molecule has 0 aliphatic carbocycles. The normalized spacial score (nSPS) is 13.2. The van der Waals surface area contributed by atoms with Crippen LogP contribution in [0.2, 0.25) is 0 Å². The summed E-state index contributed by atoms with van der Waals surface area (Å²) in [5.74, 6) is 0.834. The van der Waals surface area contributed by atoms with Crippen LogP contribution in [0, 0.1) is 6.85 Å². The minimum atomic E-state index is -2.16. The zero-order chi connectivity index (χ0) is 26.6. The standard InChI is InChI=1S/C32H23N3O/c1-21-14-16-23(17-15-21)29-31-25(18-19-33-29)24-10-7-11-26(30(24)36-31)32-34-27-12-5-6-13-28(27)35(32)20-22-8-3-2-4-9-22/h2-19H,20H2,1H3/i1D3. The van der Waals surface area contributed by atoms with Gasteiger partial charge in [0.25, 0.3) is 0 Å². The van der Waals surface area contributed by atoms with Gasteiger partial charge in [-0.3, -0.25) is 4.98 Å². The fraction of sp³-hybridized carbons (Fsp3) is 0.0625. The van der Waals surface area contributed by atoms with Crippen molar-refractivity contribution in [3.8, 4) is 22.6 Å². The van der Waals surface area contributed by atoms with E-state index in [2.05, 4.69) is 33.8 Å². The van der Waals surface area contributed by atoms with Crippen molar-refractivity contribution in [1.82, 2.24) is 14.5 Å². The number of hydrogen-bond donors (Lipinski definition) is 0. The number of furan rings is 1. The van der Waals surface area contributed by atoms with Gasteiger partial charge >= 0.3 is 0 Å². The van der Waals surface area contributed by atoms with E-state index in [-0.39, 0.29) is 0 Å². The van der Waals surface area contributed by atoms with Crippen LogP contribution >= 0.6 is 0 Å². The molecule has 0 fully saturated rings. The number of pyridine rings is 1. The average Bonchev–Trinajstić information content (AvgIpc) is 3.52. The van der Waals surface area contributed by atoms with E-state index in [4.69, 9.17) is 13.5 Å². The molecule has 0 N–H and O–H groups in total. The molecular weight excluding hydrogens is 442 g/mol. The first-order valence-electron chi connectivity index (χ1n) is 13.4. The molecule has 0 unspecified atom stereocenters. The van der Waals surface area contributed by atoms with Crippen molar-refractivity contribution in [1.29, 1.82) is 0 Å². The predicted molar refractivity (Wildman–Crippen MR) is 146 cm³/mol. The molecule has 0 atom stereocenters. The Labute approximate surface area is 212 Å². The lowest BCUT2D eigenvalue weighted by molar-refractivity contribution is 0.668. The smallest absolute Gasteiger partial charge is 0.161 e. The third kappa shape index (κ3) is 3.30. The maximum absolute atomic E-state index is 7.68. The second-order valence-electron chi connectivity index (χ2n) is 8.89. The summed E-state index contributed by atoms with van der Waals surface area (Å²) in [5.41, 5.74) is 7.23. The first-order valence-corrected chi connectivity index (χ1v) is 11.9. The molecule has 3 aromatic heterocycles. The number of aryl methyl sites for hydroxylation is 1. The van der Waals surface area contributed by atoms with Crippen LogP contribution in [0.15, 0.2) is 114 Å². The van der Waals surface area contributed by atoms with Crippen LogP contribution in [0.4, 0.5) is 0 Å². The first kappa shape index (κ1) is 17.7. The maximum Gasteiger partial charge on any atom is 0.161 e. The van der Waals surface area contributed by atoms with Gasteiger partial charge in [-0.15, -0.1) is 0 Å². The monoisotopic (exact) mass is 468 g/mol. The summed E-state index contributed by atoms with van der Waals surface area (Å²) in [5, 5.41) is 1.92. The van der Waals surface area contributed by atoms with Crippen LogP contribution < -0.4 is 0 Å². The Morgan fingerprint density at radius 1 is 0.778 bits per heavy atom. The molecular formula is C32H23N3O. The number of imidazole rings is 1. The highest BCUT2D eigenvalue weighted by Gasteiger charge is 2.20. The topological polar surface area (TPSA) is 43.9 Å². The number of hydrogen-bond acceptors (Lipinski definition) is 3. The molecule has 0 saturated heterocycles. The van der Waals surface area contributed by atoms with Crippen LogP contribution in [0.25, 0.3) is 55.6 Å². The van der Waals surface area contributed by atoms with Gasteiger partial charge < -0.3 is 8.98 Å². The second-order valence-corrected chi connectivity index (χ2v) is 8.89. The zero-order valence-electron chi connectivity index (χ0n) is 22.3. The number of para-hydroxylation sites is 3. The molecule has 4 aromatic carbocycles. The van der Waals surface area contributed by atoms with Gasteiger partial charge in [0, 0.05) is 33.2 Å². The molecule has 0 aliphatic rings. The lowest BCUT2D eigenvalue weighted by Crippen LogP contribution is -2.02. The predicted octanol–water partition coefficient (Wildman–Crippen LogP) is 8.02. The first-order chi connectivity index (χ1) is 19.0. The van der Waals surface area contributed by atoms with E-state index in [1.807, 2.05) is 54.6 Å². The summed E-state index contributed by atoms with van der Waals surface area (Å²) in [6.45, 7) is -1.48. The lowest BCUT2D eigenvalue weighted by atomic mass is 10.1. The van der Waals surface area contributed by atoms with Crippen molar-refractivity contribution in [2.24, 2.45) is 0 Å². The van der Waals surface area contributed by atoms with Gasteiger partial charge in [0.2, 0.25) is 0 Å². The van der Waals surface area contributed by atoms with Crippen molar-refractivity contribution in [2.75, 3.05) is 0 Å². The molecule has 0 spiro atoms. The molecule has 0 amide bonds. The number of nitrogens with zero attached hydrogens (tertiary/aromatic N) is 3. The van der Waals surface area contributed by atoms with E-state index in [1.165, 1.54) is 5.56 Å². The SMILES string of the molecule is [2H]C([2H])([2H])c1ccc(-c2nccc3c2oc2c(-c4nc5ccccc5n4Cc4ccccc4)cccc23)cc1. The van der Waals surface area contributed by atoms with Gasteiger partial charge in [0.15, 0.2) is 5.58 Å². The number of fused-ring (bicyclic) bond motifs is 4. The van der Waals surface area contributed by atoms with Gasteiger partial charge in [-0.05, 0) is 36.7 Å².